The van der Waals surface area contributed by atoms with E-state index in [4.69, 9.17) is 9.47 Å². The summed E-state index contributed by atoms with van der Waals surface area (Å²) in [6, 6.07) is 4.69. The number of benzene rings is 2. The summed E-state index contributed by atoms with van der Waals surface area (Å²) in [6.45, 7) is 4.06. The molecule has 0 atom stereocenters. The van der Waals surface area contributed by atoms with E-state index in [1.807, 2.05) is 53.8 Å². The predicted molar refractivity (Wildman–Crippen MR) is 113 cm³/mol. The highest BCUT2D eigenvalue weighted by Crippen LogP contribution is 2.45. The summed E-state index contributed by atoms with van der Waals surface area (Å²) in [7, 11) is 0. The number of hydrogen-bond donors (Lipinski definition) is 1. The second-order valence-corrected chi connectivity index (χ2v) is 7.72. The minimum Gasteiger partial charge on any atom is -0.490 e. The molecular weight excluding hydrogens is 560 g/mol. The van der Waals surface area contributed by atoms with Crippen LogP contribution in [0.15, 0.2) is 41.5 Å². The maximum absolute atomic E-state index is 13.3. The molecule has 2 aromatic rings. The van der Waals surface area contributed by atoms with Crippen molar-refractivity contribution in [3.63, 3.8) is 0 Å². The Kier molecular flexibility index (Phi) is 8.23. The van der Waals surface area contributed by atoms with Gasteiger partial charge in [0.25, 0.3) is 0 Å². The lowest BCUT2D eigenvalue weighted by molar-refractivity contribution is -0.361. The van der Waals surface area contributed by atoms with Crippen LogP contribution in [0.4, 0.5) is 30.7 Å². The number of nitrogens with zero attached hydrogens (tertiary/aromatic N) is 1. The van der Waals surface area contributed by atoms with Crippen LogP contribution in [0.5, 0.6) is 11.5 Å². The summed E-state index contributed by atoms with van der Waals surface area (Å²) in [4.78, 5) is 0. The lowest BCUT2D eigenvalue weighted by Crippen LogP contribution is -2.58. The minimum absolute atomic E-state index is 0.111. The second-order valence-electron chi connectivity index (χ2n) is 6.56. The Hall–Kier alpha value is -2.25. The molecule has 0 aliphatic carbocycles. The number of nitrogens with one attached hydrogen (secondary N) is 1. The average Bonchev–Trinajstić information content (AvgIpc) is 2.66. The predicted octanol–water partition coefficient (Wildman–Crippen LogP) is 6.29. The summed E-state index contributed by atoms with van der Waals surface area (Å²) in [6.07, 6.45) is -5.78. The van der Waals surface area contributed by atoms with Crippen molar-refractivity contribution >= 4 is 28.8 Å². The Morgan fingerprint density at radius 3 is 2.31 bits per heavy atom. The van der Waals surface area contributed by atoms with Crippen LogP contribution in [0.1, 0.15) is 23.6 Å². The fraction of sp³-hybridized carbons (Fsp3) is 0.350. The van der Waals surface area contributed by atoms with Crippen molar-refractivity contribution in [2.75, 3.05) is 6.61 Å². The molecule has 0 fully saturated rings. The molecule has 0 aromatic heterocycles. The van der Waals surface area contributed by atoms with E-state index in [-0.39, 0.29) is 24.5 Å². The van der Waals surface area contributed by atoms with Crippen LogP contribution in [0.3, 0.4) is 0 Å². The highest BCUT2D eigenvalue weighted by atomic mass is 127. The normalized spacial score (nSPS) is 12.8. The van der Waals surface area contributed by atoms with Gasteiger partial charge >= 0.3 is 18.1 Å². The van der Waals surface area contributed by atoms with Gasteiger partial charge in [0, 0.05) is 0 Å². The first-order valence-corrected chi connectivity index (χ1v) is 10.1. The maximum atomic E-state index is 13.3. The molecule has 2 aromatic carbocycles. The van der Waals surface area contributed by atoms with E-state index in [1.165, 1.54) is 12.1 Å². The highest BCUT2D eigenvalue weighted by Gasteiger charge is 2.73. The number of hydrogen-bond acceptors (Lipinski definition) is 4. The zero-order chi connectivity index (χ0) is 24.2. The van der Waals surface area contributed by atoms with Crippen molar-refractivity contribution in [1.82, 2.24) is 5.43 Å². The van der Waals surface area contributed by atoms with E-state index in [0.29, 0.717) is 21.0 Å². The molecule has 0 bridgehead atoms. The fourth-order valence-electron chi connectivity index (χ4n) is 2.46. The molecule has 0 radical (unpaired) electrons. The van der Waals surface area contributed by atoms with Crippen LogP contribution in [-0.4, -0.2) is 31.0 Å². The van der Waals surface area contributed by atoms with Gasteiger partial charge in [0.1, 0.15) is 6.61 Å². The lowest BCUT2D eigenvalue weighted by Gasteiger charge is -2.27. The van der Waals surface area contributed by atoms with E-state index in [0.717, 1.165) is 11.1 Å². The van der Waals surface area contributed by atoms with Crippen LogP contribution in [0.25, 0.3) is 0 Å². The van der Waals surface area contributed by atoms with Gasteiger partial charge in [-0.1, -0.05) is 29.8 Å². The van der Waals surface area contributed by atoms with Crippen molar-refractivity contribution in [3.8, 4) is 11.5 Å². The Labute approximate surface area is 192 Å². The molecule has 0 saturated heterocycles. The molecule has 12 heteroatoms. The number of alkyl halides is 7. The van der Waals surface area contributed by atoms with Gasteiger partial charge < -0.3 is 9.47 Å². The smallest absolute Gasteiger partial charge is 0.462 e. The molecule has 4 nitrogen and oxygen atoms in total. The topological polar surface area (TPSA) is 42.8 Å². The third-order valence-corrected chi connectivity index (χ3v) is 4.77. The molecule has 0 saturated carbocycles. The summed E-state index contributed by atoms with van der Waals surface area (Å²) in [5.74, 6) is -5.73. The fourth-order valence-corrected chi connectivity index (χ4v) is 3.24. The Morgan fingerprint density at radius 1 is 1.03 bits per heavy atom. The van der Waals surface area contributed by atoms with Gasteiger partial charge in [-0.15, -0.1) is 0 Å². The molecule has 0 amide bonds. The first-order chi connectivity index (χ1) is 14.8. The van der Waals surface area contributed by atoms with Gasteiger partial charge in [-0.25, -0.2) is 5.43 Å². The molecule has 176 valence electrons. The molecule has 1 N–H and O–H groups in total. The third-order valence-electron chi connectivity index (χ3n) is 3.97. The summed E-state index contributed by atoms with van der Waals surface area (Å²) in [5, 5.41) is 2.86. The van der Waals surface area contributed by atoms with Crippen molar-refractivity contribution in [1.29, 1.82) is 0 Å². The largest absolute Gasteiger partial charge is 0.490 e. The van der Waals surface area contributed by atoms with Crippen LogP contribution in [0.2, 0.25) is 0 Å². The molecule has 0 aliphatic rings. The summed E-state index contributed by atoms with van der Waals surface area (Å²) >= 11 is 1.89. The number of aryl methyl sites for hydroxylation is 1. The lowest BCUT2D eigenvalue weighted by atomic mass is 10.1. The molecule has 32 heavy (non-hydrogen) atoms. The van der Waals surface area contributed by atoms with Crippen molar-refractivity contribution < 1.29 is 40.2 Å². The van der Waals surface area contributed by atoms with E-state index in [9.17, 15) is 30.7 Å². The van der Waals surface area contributed by atoms with E-state index in [2.05, 4.69) is 5.10 Å². The molecular formula is C20H18F7IN2O2. The molecule has 0 aliphatic heterocycles. The van der Waals surface area contributed by atoms with Crippen LogP contribution < -0.4 is 14.9 Å². The van der Waals surface area contributed by atoms with Gasteiger partial charge in [0.05, 0.1) is 16.4 Å². The van der Waals surface area contributed by atoms with E-state index in [1.54, 1.807) is 6.92 Å². The number of hydrazone groups is 1. The van der Waals surface area contributed by atoms with Crippen molar-refractivity contribution in [2.24, 2.45) is 5.10 Å². The monoisotopic (exact) mass is 578 g/mol. The first-order valence-electron chi connectivity index (χ1n) is 9.05. The van der Waals surface area contributed by atoms with Gasteiger partial charge in [-0.2, -0.15) is 35.8 Å². The Morgan fingerprint density at radius 2 is 1.72 bits per heavy atom. The van der Waals surface area contributed by atoms with E-state index < -0.39 is 18.1 Å². The Balaban J connectivity index is 2.21. The van der Waals surface area contributed by atoms with Crippen molar-refractivity contribution in [2.45, 2.75) is 38.6 Å². The van der Waals surface area contributed by atoms with Crippen LogP contribution >= 0.6 is 22.6 Å². The standard InChI is InChI=1S/C20H18F7IN2O2/c1-3-31-16-9-14(10-29-30-20(26,27)18(21,22)19(23,24)25)8-15(28)17(16)32-11-13-6-4-5-12(2)7-13/h4-10,30H,3,11H2,1-2H3/b29-10+. The molecule has 0 heterocycles. The third kappa shape index (κ3) is 6.17. The number of rotatable bonds is 9. The minimum atomic E-state index is -6.45. The van der Waals surface area contributed by atoms with Crippen LogP contribution in [0, 0.1) is 10.5 Å². The number of ether oxygens (including phenoxy) is 2. The average molecular weight is 578 g/mol. The summed E-state index contributed by atoms with van der Waals surface area (Å²) in [5.41, 5.74) is 2.63. The SMILES string of the molecule is CCOc1cc(/C=N/NC(F)(F)C(F)(F)C(F)(F)F)cc(I)c1OCc1cccc(C)c1. The van der Waals surface area contributed by atoms with Gasteiger partial charge in [0.2, 0.25) is 0 Å². The maximum Gasteiger partial charge on any atom is 0.462 e. The van der Waals surface area contributed by atoms with Gasteiger partial charge in [-0.05, 0) is 59.7 Å². The van der Waals surface area contributed by atoms with Gasteiger partial charge in [0.15, 0.2) is 11.5 Å². The number of halogens is 8. The molecule has 2 rings (SSSR count). The summed E-state index contributed by atoms with van der Waals surface area (Å²) < 4.78 is 101. The first kappa shape index (κ1) is 26.0. The van der Waals surface area contributed by atoms with E-state index >= 15 is 0 Å². The van der Waals surface area contributed by atoms with Crippen LogP contribution in [-0.2, 0) is 6.61 Å². The molecule has 0 spiro atoms. The van der Waals surface area contributed by atoms with Gasteiger partial charge in [-0.3, -0.25) is 0 Å². The zero-order valence-electron chi connectivity index (χ0n) is 16.7. The Bertz CT molecular complexity index is 965. The second kappa shape index (κ2) is 10.1. The highest BCUT2D eigenvalue weighted by molar-refractivity contribution is 14.1. The molecule has 0 unspecified atom stereocenters. The quantitative estimate of drug-likeness (QED) is 0.125. The van der Waals surface area contributed by atoms with Crippen molar-refractivity contribution in [3.05, 3.63) is 56.7 Å². The zero-order valence-corrected chi connectivity index (χ0v) is 18.9.